The van der Waals surface area contributed by atoms with Crippen LogP contribution in [-0.4, -0.2) is 41.9 Å². The van der Waals surface area contributed by atoms with E-state index in [1.807, 2.05) is 19.2 Å². The summed E-state index contributed by atoms with van der Waals surface area (Å²) in [6.07, 6.45) is 7.32. The fourth-order valence-electron chi connectivity index (χ4n) is 1.81. The van der Waals surface area contributed by atoms with Crippen LogP contribution in [0.4, 0.5) is 0 Å². The summed E-state index contributed by atoms with van der Waals surface area (Å²) in [5.74, 6) is 3.49. The molecule has 0 saturated heterocycles. The Morgan fingerprint density at radius 1 is 1.30 bits per heavy atom. The van der Waals surface area contributed by atoms with Crippen LogP contribution in [0, 0.1) is 12.3 Å². The van der Waals surface area contributed by atoms with Gasteiger partial charge < -0.3 is 14.2 Å². The fraction of sp³-hybridized carbons (Fsp3) is 0.312. The Labute approximate surface area is 139 Å². The Morgan fingerprint density at radius 3 is 2.78 bits per heavy atom. The fourth-order valence-corrected chi connectivity index (χ4v) is 2.11. The molecule has 0 spiro atoms. The third kappa shape index (κ3) is 4.12. The normalized spacial score (nSPS) is 10.2. The molecular weight excluding hydrogens is 314 g/mol. The van der Waals surface area contributed by atoms with Crippen LogP contribution < -0.4 is 9.47 Å². The highest BCUT2D eigenvalue weighted by Crippen LogP contribution is 2.34. The molecule has 120 valence electrons. The standard InChI is InChI=1S/C16H17N3O3S/c1-5-11-7-8-12(13(9-11)22-10-21-6-2)14-15(20-3)17-16(23-4)19-18-14/h1,7-9H,6,10H2,2-4H3. The van der Waals surface area contributed by atoms with E-state index >= 15 is 0 Å². The van der Waals surface area contributed by atoms with Gasteiger partial charge in [-0.05, 0) is 31.4 Å². The number of terminal acetylenes is 1. The van der Waals surface area contributed by atoms with Crippen molar-refractivity contribution < 1.29 is 14.2 Å². The summed E-state index contributed by atoms with van der Waals surface area (Å²) in [5.41, 5.74) is 1.87. The number of hydrogen-bond donors (Lipinski definition) is 0. The van der Waals surface area contributed by atoms with Gasteiger partial charge in [0.1, 0.15) is 5.75 Å². The molecule has 0 amide bonds. The van der Waals surface area contributed by atoms with E-state index in [-0.39, 0.29) is 6.79 Å². The highest BCUT2D eigenvalue weighted by atomic mass is 32.2. The third-order valence-electron chi connectivity index (χ3n) is 2.92. The van der Waals surface area contributed by atoms with Gasteiger partial charge in [0.2, 0.25) is 11.0 Å². The van der Waals surface area contributed by atoms with E-state index in [0.29, 0.717) is 40.2 Å². The number of hydrogen-bond acceptors (Lipinski definition) is 7. The number of ether oxygens (including phenoxy) is 3. The van der Waals surface area contributed by atoms with Crippen LogP contribution in [0.5, 0.6) is 11.6 Å². The summed E-state index contributed by atoms with van der Waals surface area (Å²) in [5, 5.41) is 8.79. The minimum absolute atomic E-state index is 0.115. The van der Waals surface area contributed by atoms with Crippen LogP contribution in [0.25, 0.3) is 11.3 Å². The summed E-state index contributed by atoms with van der Waals surface area (Å²) in [7, 11) is 1.54. The first kappa shape index (κ1) is 17.1. The van der Waals surface area contributed by atoms with E-state index in [2.05, 4.69) is 21.1 Å². The summed E-state index contributed by atoms with van der Waals surface area (Å²) < 4.78 is 16.2. The Bertz CT molecular complexity index is 716. The molecule has 0 N–H and O–H groups in total. The molecule has 1 aromatic heterocycles. The molecule has 7 heteroatoms. The molecule has 0 aliphatic heterocycles. The lowest BCUT2D eigenvalue weighted by molar-refractivity contribution is 0.0227. The zero-order valence-electron chi connectivity index (χ0n) is 13.2. The molecule has 0 aliphatic carbocycles. The number of nitrogens with zero attached hydrogens (tertiary/aromatic N) is 3. The number of benzene rings is 1. The van der Waals surface area contributed by atoms with E-state index in [4.69, 9.17) is 20.6 Å². The maximum atomic E-state index is 5.66. The predicted molar refractivity (Wildman–Crippen MR) is 88.7 cm³/mol. The van der Waals surface area contributed by atoms with Crippen molar-refractivity contribution in [3.05, 3.63) is 23.8 Å². The molecule has 0 radical (unpaired) electrons. The number of aromatic nitrogens is 3. The molecular formula is C16H17N3O3S. The van der Waals surface area contributed by atoms with Gasteiger partial charge in [-0.1, -0.05) is 17.7 Å². The lowest BCUT2D eigenvalue weighted by atomic mass is 10.1. The third-order valence-corrected chi connectivity index (χ3v) is 3.45. The zero-order chi connectivity index (χ0) is 16.7. The van der Waals surface area contributed by atoms with Gasteiger partial charge in [-0.3, -0.25) is 0 Å². The summed E-state index contributed by atoms with van der Waals surface area (Å²) in [4.78, 5) is 4.31. The summed E-state index contributed by atoms with van der Waals surface area (Å²) in [6.45, 7) is 2.56. The van der Waals surface area contributed by atoms with Gasteiger partial charge in [-0.2, -0.15) is 4.98 Å². The molecule has 0 aliphatic rings. The second-order valence-electron chi connectivity index (χ2n) is 4.27. The second-order valence-corrected chi connectivity index (χ2v) is 5.04. The topological polar surface area (TPSA) is 66.4 Å². The van der Waals surface area contributed by atoms with Crippen molar-refractivity contribution in [1.82, 2.24) is 15.2 Å². The number of thioether (sulfide) groups is 1. The van der Waals surface area contributed by atoms with Gasteiger partial charge in [0.25, 0.3) is 0 Å². The van der Waals surface area contributed by atoms with E-state index in [1.54, 1.807) is 12.1 Å². The Balaban J connectivity index is 2.47. The molecule has 0 bridgehead atoms. The largest absolute Gasteiger partial charge is 0.479 e. The van der Waals surface area contributed by atoms with Gasteiger partial charge >= 0.3 is 0 Å². The first-order valence-electron chi connectivity index (χ1n) is 6.87. The maximum Gasteiger partial charge on any atom is 0.244 e. The average molecular weight is 331 g/mol. The molecule has 6 nitrogen and oxygen atoms in total. The smallest absolute Gasteiger partial charge is 0.244 e. The minimum atomic E-state index is 0.115. The molecule has 0 unspecified atom stereocenters. The van der Waals surface area contributed by atoms with E-state index in [1.165, 1.54) is 18.9 Å². The van der Waals surface area contributed by atoms with Crippen molar-refractivity contribution in [3.63, 3.8) is 0 Å². The SMILES string of the molecule is C#Cc1ccc(-c2nnc(SC)nc2OC)c(OCOCC)c1. The molecule has 0 atom stereocenters. The van der Waals surface area contributed by atoms with Gasteiger partial charge in [-0.15, -0.1) is 16.6 Å². The Morgan fingerprint density at radius 2 is 2.13 bits per heavy atom. The monoisotopic (exact) mass is 331 g/mol. The molecule has 2 aromatic rings. The zero-order valence-corrected chi connectivity index (χ0v) is 14.0. The molecule has 1 aromatic carbocycles. The summed E-state index contributed by atoms with van der Waals surface area (Å²) in [6, 6.07) is 5.36. The summed E-state index contributed by atoms with van der Waals surface area (Å²) >= 11 is 1.39. The lowest BCUT2D eigenvalue weighted by Gasteiger charge is -2.13. The predicted octanol–water partition coefficient (Wildman–Crippen LogP) is 2.62. The van der Waals surface area contributed by atoms with Gasteiger partial charge in [0.05, 0.1) is 7.11 Å². The first-order valence-corrected chi connectivity index (χ1v) is 8.10. The van der Waals surface area contributed by atoms with Crippen molar-refractivity contribution in [2.24, 2.45) is 0 Å². The highest BCUT2D eigenvalue weighted by molar-refractivity contribution is 7.98. The second kappa shape index (κ2) is 8.36. The number of rotatable bonds is 7. The lowest BCUT2D eigenvalue weighted by Crippen LogP contribution is -2.05. The van der Waals surface area contributed by atoms with Gasteiger partial charge in [0.15, 0.2) is 12.5 Å². The van der Waals surface area contributed by atoms with E-state index in [9.17, 15) is 0 Å². The average Bonchev–Trinajstić information content (AvgIpc) is 2.61. The molecule has 0 saturated carbocycles. The van der Waals surface area contributed by atoms with Crippen molar-refractivity contribution in [3.8, 4) is 35.2 Å². The molecule has 23 heavy (non-hydrogen) atoms. The first-order chi connectivity index (χ1) is 11.2. The van der Waals surface area contributed by atoms with Gasteiger partial charge in [0, 0.05) is 17.7 Å². The Hall–Kier alpha value is -2.30. The maximum absolute atomic E-state index is 5.66. The van der Waals surface area contributed by atoms with Crippen molar-refractivity contribution in [2.75, 3.05) is 26.8 Å². The van der Waals surface area contributed by atoms with Crippen molar-refractivity contribution >= 4 is 11.8 Å². The van der Waals surface area contributed by atoms with Crippen LogP contribution in [-0.2, 0) is 4.74 Å². The quantitative estimate of drug-likeness (QED) is 0.334. The highest BCUT2D eigenvalue weighted by Gasteiger charge is 2.17. The Kier molecular flexibility index (Phi) is 6.20. The number of methoxy groups -OCH3 is 1. The van der Waals surface area contributed by atoms with Crippen LogP contribution in [0.2, 0.25) is 0 Å². The van der Waals surface area contributed by atoms with Crippen LogP contribution in [0.3, 0.4) is 0 Å². The van der Waals surface area contributed by atoms with Gasteiger partial charge in [-0.25, -0.2) is 0 Å². The molecule has 0 fully saturated rings. The van der Waals surface area contributed by atoms with E-state index < -0.39 is 0 Å². The van der Waals surface area contributed by atoms with Crippen LogP contribution in [0.15, 0.2) is 23.4 Å². The molecule has 1 heterocycles. The molecule has 2 rings (SSSR count). The van der Waals surface area contributed by atoms with Crippen molar-refractivity contribution in [1.29, 1.82) is 0 Å². The minimum Gasteiger partial charge on any atom is -0.479 e. The van der Waals surface area contributed by atoms with E-state index in [0.717, 1.165) is 0 Å². The van der Waals surface area contributed by atoms with Crippen LogP contribution in [0.1, 0.15) is 12.5 Å². The van der Waals surface area contributed by atoms with Crippen molar-refractivity contribution in [2.45, 2.75) is 12.1 Å². The van der Waals surface area contributed by atoms with Crippen LogP contribution >= 0.6 is 11.8 Å².